The van der Waals surface area contributed by atoms with Gasteiger partial charge in [0.25, 0.3) is 0 Å². The van der Waals surface area contributed by atoms with E-state index in [0.717, 1.165) is 0 Å². The van der Waals surface area contributed by atoms with Gasteiger partial charge in [0.15, 0.2) is 11.6 Å². The number of ketones is 2. The molecule has 0 bridgehead atoms. The van der Waals surface area contributed by atoms with Crippen LogP contribution in [0.2, 0.25) is 0 Å². The van der Waals surface area contributed by atoms with Gasteiger partial charge in [-0.1, -0.05) is 12.1 Å². The van der Waals surface area contributed by atoms with E-state index in [4.69, 9.17) is 22.9 Å². The molecule has 0 atom stereocenters. The van der Waals surface area contributed by atoms with Gasteiger partial charge < -0.3 is 22.9 Å². The van der Waals surface area contributed by atoms with E-state index in [1.807, 2.05) is 0 Å². The molecule has 0 saturated heterocycles. The Morgan fingerprint density at radius 2 is 1.38 bits per heavy atom. The molecular formula is C14H11BrN4O2. The van der Waals surface area contributed by atoms with E-state index in [0.29, 0.717) is 4.47 Å². The third-order valence-electron chi connectivity index (χ3n) is 3.57. The first-order valence-electron chi connectivity index (χ1n) is 6.00. The Hall–Kier alpha value is -2.54. The normalized spacial score (nSPS) is 13.0. The largest absolute Gasteiger partial charge is 0.398 e. The molecule has 2 aromatic carbocycles. The lowest BCUT2D eigenvalue weighted by molar-refractivity contribution is 0.0981. The molecule has 0 amide bonds. The second-order valence-electron chi connectivity index (χ2n) is 4.73. The van der Waals surface area contributed by atoms with E-state index in [9.17, 15) is 9.59 Å². The van der Waals surface area contributed by atoms with Gasteiger partial charge in [-0.15, -0.1) is 0 Å². The summed E-state index contributed by atoms with van der Waals surface area (Å²) in [6.45, 7) is 0. The summed E-state index contributed by atoms with van der Waals surface area (Å²) in [5.74, 6) is -0.835. The van der Waals surface area contributed by atoms with Crippen molar-refractivity contribution in [1.82, 2.24) is 0 Å². The first kappa shape index (κ1) is 13.4. The topological polar surface area (TPSA) is 138 Å². The average Bonchev–Trinajstić information content (AvgIpc) is 2.46. The number of halogens is 1. The zero-order valence-electron chi connectivity index (χ0n) is 10.7. The van der Waals surface area contributed by atoms with Crippen molar-refractivity contribution in [2.24, 2.45) is 0 Å². The van der Waals surface area contributed by atoms with Crippen molar-refractivity contribution < 1.29 is 9.59 Å². The highest BCUT2D eigenvalue weighted by Crippen LogP contribution is 2.43. The van der Waals surface area contributed by atoms with Gasteiger partial charge in [0, 0.05) is 11.3 Å². The summed E-state index contributed by atoms with van der Waals surface area (Å²) in [7, 11) is 0. The predicted octanol–water partition coefficient (Wildman–Crippen LogP) is 1.55. The molecule has 0 aliphatic heterocycles. The molecule has 8 N–H and O–H groups in total. The van der Waals surface area contributed by atoms with Gasteiger partial charge in [-0.25, -0.2) is 0 Å². The van der Waals surface area contributed by atoms with Crippen molar-refractivity contribution in [3.63, 3.8) is 0 Å². The number of carbonyl (C=O) groups excluding carboxylic acids is 2. The SMILES string of the molecule is Nc1cccc2c1C(=O)c1c(N)c(N)c(Br)c(N)c1C2=O. The van der Waals surface area contributed by atoms with Crippen LogP contribution in [0.4, 0.5) is 22.7 Å². The number of carbonyl (C=O) groups is 2. The van der Waals surface area contributed by atoms with Crippen LogP contribution in [0, 0.1) is 0 Å². The molecule has 0 heterocycles. The van der Waals surface area contributed by atoms with Gasteiger partial charge >= 0.3 is 0 Å². The van der Waals surface area contributed by atoms with Crippen LogP contribution in [-0.2, 0) is 0 Å². The Labute approximate surface area is 128 Å². The molecule has 0 unspecified atom stereocenters. The van der Waals surface area contributed by atoms with Gasteiger partial charge in [0.1, 0.15) is 0 Å². The molecule has 6 nitrogen and oxygen atoms in total. The van der Waals surface area contributed by atoms with Crippen LogP contribution in [-0.4, -0.2) is 11.6 Å². The molecule has 21 heavy (non-hydrogen) atoms. The van der Waals surface area contributed by atoms with E-state index in [1.54, 1.807) is 12.1 Å². The number of anilines is 4. The molecule has 3 rings (SSSR count). The molecule has 0 radical (unpaired) electrons. The van der Waals surface area contributed by atoms with Crippen LogP contribution in [0.5, 0.6) is 0 Å². The maximum absolute atomic E-state index is 12.7. The van der Waals surface area contributed by atoms with Crippen molar-refractivity contribution in [2.75, 3.05) is 22.9 Å². The highest BCUT2D eigenvalue weighted by Gasteiger charge is 2.36. The predicted molar refractivity (Wildman–Crippen MR) is 85.1 cm³/mol. The van der Waals surface area contributed by atoms with Gasteiger partial charge in [0.2, 0.25) is 0 Å². The van der Waals surface area contributed by atoms with Crippen molar-refractivity contribution in [3.8, 4) is 0 Å². The first-order chi connectivity index (χ1) is 9.86. The summed E-state index contributed by atoms with van der Waals surface area (Å²) >= 11 is 3.19. The monoisotopic (exact) mass is 346 g/mol. The smallest absolute Gasteiger partial charge is 0.198 e. The summed E-state index contributed by atoms with van der Waals surface area (Å²) in [5.41, 5.74) is 24.4. The van der Waals surface area contributed by atoms with E-state index < -0.39 is 11.6 Å². The maximum atomic E-state index is 12.7. The zero-order chi connectivity index (χ0) is 15.5. The van der Waals surface area contributed by atoms with Crippen molar-refractivity contribution in [3.05, 3.63) is 44.9 Å². The minimum Gasteiger partial charge on any atom is -0.398 e. The number of nitrogens with two attached hydrogens (primary N) is 4. The molecular weight excluding hydrogens is 336 g/mol. The Balaban J connectivity index is 2.47. The fourth-order valence-corrected chi connectivity index (χ4v) is 2.93. The molecule has 7 heteroatoms. The second kappa shape index (κ2) is 4.23. The number of hydrogen-bond donors (Lipinski definition) is 4. The van der Waals surface area contributed by atoms with Gasteiger partial charge in [-0.2, -0.15) is 0 Å². The molecule has 106 valence electrons. The summed E-state index contributed by atoms with van der Waals surface area (Å²) in [6, 6.07) is 4.70. The minimum absolute atomic E-state index is 0.0172. The van der Waals surface area contributed by atoms with Gasteiger partial charge in [-0.3, -0.25) is 9.59 Å². The Kier molecular flexibility index (Phi) is 2.70. The lowest BCUT2D eigenvalue weighted by Gasteiger charge is -2.23. The average molecular weight is 347 g/mol. The Bertz CT molecular complexity index is 846. The van der Waals surface area contributed by atoms with Crippen LogP contribution in [0.15, 0.2) is 22.7 Å². The lowest BCUT2D eigenvalue weighted by atomic mass is 9.81. The zero-order valence-corrected chi connectivity index (χ0v) is 12.3. The van der Waals surface area contributed by atoms with Gasteiger partial charge in [-0.05, 0) is 22.0 Å². The van der Waals surface area contributed by atoms with Crippen LogP contribution >= 0.6 is 15.9 Å². The maximum Gasteiger partial charge on any atom is 0.198 e. The van der Waals surface area contributed by atoms with E-state index in [-0.39, 0.29) is 45.0 Å². The van der Waals surface area contributed by atoms with Crippen LogP contribution in [0.25, 0.3) is 0 Å². The molecule has 1 aliphatic rings. The summed E-state index contributed by atoms with van der Waals surface area (Å²) in [4.78, 5) is 25.3. The second-order valence-corrected chi connectivity index (χ2v) is 5.53. The van der Waals surface area contributed by atoms with Crippen molar-refractivity contribution in [1.29, 1.82) is 0 Å². The number of rotatable bonds is 0. The third-order valence-corrected chi connectivity index (χ3v) is 4.43. The summed E-state index contributed by atoms with van der Waals surface area (Å²) in [6.07, 6.45) is 0. The van der Waals surface area contributed by atoms with E-state index in [1.165, 1.54) is 6.07 Å². The molecule has 0 saturated carbocycles. The molecule has 0 aromatic heterocycles. The number of nitrogen functional groups attached to an aromatic ring is 4. The van der Waals surface area contributed by atoms with E-state index in [2.05, 4.69) is 15.9 Å². The number of hydrogen-bond acceptors (Lipinski definition) is 6. The highest BCUT2D eigenvalue weighted by atomic mass is 79.9. The fraction of sp³-hybridized carbons (Fsp3) is 0. The van der Waals surface area contributed by atoms with Crippen LogP contribution in [0.1, 0.15) is 31.8 Å². The highest BCUT2D eigenvalue weighted by molar-refractivity contribution is 9.10. The minimum atomic E-state index is -0.443. The lowest BCUT2D eigenvalue weighted by Crippen LogP contribution is -2.26. The van der Waals surface area contributed by atoms with Crippen LogP contribution < -0.4 is 22.9 Å². The quantitative estimate of drug-likeness (QED) is 0.455. The van der Waals surface area contributed by atoms with Gasteiger partial charge in [0.05, 0.1) is 38.2 Å². The Morgan fingerprint density at radius 1 is 0.762 bits per heavy atom. The number of benzene rings is 2. The molecule has 0 fully saturated rings. The fourth-order valence-electron chi connectivity index (χ4n) is 2.52. The first-order valence-corrected chi connectivity index (χ1v) is 6.79. The standard InChI is InChI=1S/C14H11BrN4O2/c15-9-10(17)7-8(11(18)12(9)19)14(21)6-4(13(7)20)2-1-3-5(6)16/h1-3H,16-19H2. The van der Waals surface area contributed by atoms with E-state index >= 15 is 0 Å². The summed E-state index contributed by atoms with van der Waals surface area (Å²) < 4.78 is 0.312. The van der Waals surface area contributed by atoms with Crippen molar-refractivity contribution in [2.45, 2.75) is 0 Å². The number of fused-ring (bicyclic) bond motifs is 2. The van der Waals surface area contributed by atoms with Crippen LogP contribution in [0.3, 0.4) is 0 Å². The molecule has 0 spiro atoms. The van der Waals surface area contributed by atoms with Crippen molar-refractivity contribution >= 4 is 50.2 Å². The third kappa shape index (κ3) is 1.58. The molecule has 1 aliphatic carbocycles. The Morgan fingerprint density at radius 3 is 2.05 bits per heavy atom. The summed E-state index contributed by atoms with van der Waals surface area (Å²) in [5, 5.41) is 0. The molecule has 2 aromatic rings.